The summed E-state index contributed by atoms with van der Waals surface area (Å²) >= 11 is 12.4. The number of aromatic nitrogens is 6. The van der Waals surface area contributed by atoms with E-state index in [-0.39, 0.29) is 5.82 Å². The van der Waals surface area contributed by atoms with E-state index in [0.29, 0.717) is 16.6 Å². The second-order valence-corrected chi connectivity index (χ2v) is 14.2. The van der Waals surface area contributed by atoms with Crippen LogP contribution in [0.1, 0.15) is 17.0 Å². The van der Waals surface area contributed by atoms with Gasteiger partial charge in [0, 0.05) is 46.5 Å². The molecule has 9 aromatic rings. The van der Waals surface area contributed by atoms with E-state index in [4.69, 9.17) is 33.3 Å². The zero-order chi connectivity index (χ0) is 39.3. The van der Waals surface area contributed by atoms with Crippen molar-refractivity contribution in [3.63, 3.8) is 0 Å². The number of hydrogen-bond acceptors (Lipinski definition) is 5. The van der Waals surface area contributed by atoms with Crippen LogP contribution in [0.25, 0.3) is 56.2 Å². The summed E-state index contributed by atoms with van der Waals surface area (Å²) in [6, 6.07) is 48.1. The van der Waals surface area contributed by atoms with Crippen molar-refractivity contribution in [1.82, 2.24) is 29.3 Å². The first-order valence-corrected chi connectivity index (χ1v) is 19.1. The average Bonchev–Trinajstić information content (AvgIpc) is 3.83. The number of hydrogen-bond donors (Lipinski definition) is 1. The highest BCUT2D eigenvalue weighted by Crippen LogP contribution is 2.32. The van der Waals surface area contributed by atoms with Crippen LogP contribution in [-0.2, 0) is 6.54 Å². The minimum Gasteiger partial charge on any atom is -0.366 e. The fourth-order valence-corrected chi connectivity index (χ4v) is 6.98. The number of rotatable bonds is 8. The van der Waals surface area contributed by atoms with Gasteiger partial charge in [-0.2, -0.15) is 5.10 Å². The molecule has 9 rings (SSSR count). The highest BCUT2D eigenvalue weighted by atomic mass is 35.5. The van der Waals surface area contributed by atoms with Crippen LogP contribution in [0.2, 0.25) is 10.0 Å². The summed E-state index contributed by atoms with van der Waals surface area (Å²) in [6.07, 6.45) is 3.64. The first-order valence-electron chi connectivity index (χ1n) is 18.3. The molecule has 4 heterocycles. The van der Waals surface area contributed by atoms with Gasteiger partial charge < -0.3 is 9.88 Å². The molecule has 0 aliphatic carbocycles. The number of aryl methyl sites for hydroxylation is 1. The van der Waals surface area contributed by atoms with Gasteiger partial charge in [0.15, 0.2) is 0 Å². The van der Waals surface area contributed by atoms with Crippen LogP contribution in [0.5, 0.6) is 0 Å². The predicted molar refractivity (Wildman–Crippen MR) is 230 cm³/mol. The molecule has 10 heteroatoms. The van der Waals surface area contributed by atoms with E-state index in [1.807, 2.05) is 79.0 Å². The van der Waals surface area contributed by atoms with Crippen molar-refractivity contribution in [2.24, 2.45) is 0 Å². The standard InChI is InChI=1S/C27H19Cl2FN4.C20H17N3/c28-23-12-11-22(14-24(23)29)34-26(19-6-9-21(30)10-7-19)15-25(33-34)20-8-13-27(32-17-20)31-16-18-4-2-1-3-5-18;1-14-12-17(15(2)23(14)16-8-4-3-5-9-16)20-13-21-18-10-6-7-11-19(18)22-20/h1-15,17H,16H2,(H,31,32);3-13H,1-2H3. The third-order valence-corrected chi connectivity index (χ3v) is 10.3. The summed E-state index contributed by atoms with van der Waals surface area (Å²) in [4.78, 5) is 13.9. The number of halogens is 3. The number of nitrogens with one attached hydrogen (secondary N) is 1. The molecular weight excluding hydrogens is 752 g/mol. The summed E-state index contributed by atoms with van der Waals surface area (Å²) < 4.78 is 17.6. The molecule has 0 aliphatic rings. The summed E-state index contributed by atoms with van der Waals surface area (Å²) in [6.45, 7) is 4.94. The van der Waals surface area contributed by atoms with E-state index in [1.54, 1.807) is 35.1 Å². The van der Waals surface area contributed by atoms with Crippen molar-refractivity contribution in [2.75, 3.05) is 5.32 Å². The van der Waals surface area contributed by atoms with Gasteiger partial charge in [-0.1, -0.05) is 83.9 Å². The number of fused-ring (bicyclic) bond motifs is 1. The summed E-state index contributed by atoms with van der Waals surface area (Å²) in [5, 5.41) is 9.02. The van der Waals surface area contributed by atoms with E-state index in [1.165, 1.54) is 34.8 Å². The Hall–Kier alpha value is -6.61. The first-order chi connectivity index (χ1) is 27.8. The Morgan fingerprint density at radius 3 is 2.04 bits per heavy atom. The number of anilines is 1. The maximum Gasteiger partial charge on any atom is 0.126 e. The van der Waals surface area contributed by atoms with Crippen LogP contribution in [0.4, 0.5) is 10.2 Å². The Bertz CT molecular complexity index is 2780. The highest BCUT2D eigenvalue weighted by Gasteiger charge is 2.16. The molecular formula is C47H36Cl2FN7. The minimum atomic E-state index is -0.299. The molecule has 280 valence electrons. The number of pyridine rings is 1. The molecule has 0 amide bonds. The molecule has 5 aromatic carbocycles. The van der Waals surface area contributed by atoms with Gasteiger partial charge in [0.1, 0.15) is 11.6 Å². The normalized spacial score (nSPS) is 11.0. The maximum atomic E-state index is 13.5. The van der Waals surface area contributed by atoms with Crippen molar-refractivity contribution in [2.45, 2.75) is 20.4 Å². The van der Waals surface area contributed by atoms with E-state index >= 15 is 0 Å². The van der Waals surface area contributed by atoms with E-state index in [2.05, 4.69) is 76.2 Å². The lowest BCUT2D eigenvalue weighted by atomic mass is 10.1. The van der Waals surface area contributed by atoms with Crippen molar-refractivity contribution >= 4 is 40.1 Å². The van der Waals surface area contributed by atoms with Gasteiger partial charge in [-0.15, -0.1) is 0 Å². The monoisotopic (exact) mass is 787 g/mol. The van der Waals surface area contributed by atoms with Gasteiger partial charge >= 0.3 is 0 Å². The Labute approximate surface area is 340 Å². The van der Waals surface area contributed by atoms with E-state index < -0.39 is 0 Å². The Kier molecular flexibility index (Phi) is 10.9. The third kappa shape index (κ3) is 8.33. The van der Waals surface area contributed by atoms with Crippen LogP contribution in [-0.4, -0.2) is 29.3 Å². The fourth-order valence-electron chi connectivity index (χ4n) is 6.68. The smallest absolute Gasteiger partial charge is 0.126 e. The lowest BCUT2D eigenvalue weighted by molar-refractivity contribution is 0.628. The molecule has 0 aliphatic heterocycles. The van der Waals surface area contributed by atoms with Crippen LogP contribution in [0.3, 0.4) is 0 Å². The van der Waals surface area contributed by atoms with Gasteiger partial charge in [-0.3, -0.25) is 4.98 Å². The molecule has 0 saturated carbocycles. The molecule has 1 N–H and O–H groups in total. The van der Waals surface area contributed by atoms with E-state index in [0.717, 1.165) is 56.3 Å². The van der Waals surface area contributed by atoms with Crippen molar-refractivity contribution in [3.8, 4) is 45.1 Å². The molecule has 4 aromatic heterocycles. The molecule has 0 spiro atoms. The van der Waals surface area contributed by atoms with Gasteiger partial charge in [0.2, 0.25) is 0 Å². The quantitative estimate of drug-likeness (QED) is 0.166. The van der Waals surface area contributed by atoms with Crippen LogP contribution in [0, 0.1) is 19.7 Å². The SMILES string of the molecule is Cc1cc(-c2cnc3ccccc3n2)c(C)n1-c1ccccc1.Fc1ccc(-c2cc(-c3ccc(NCc4ccccc4)nc3)nn2-c2ccc(Cl)c(Cl)c2)cc1. The Balaban J connectivity index is 0.000000172. The number of nitrogens with zero attached hydrogens (tertiary/aromatic N) is 6. The molecule has 0 unspecified atom stereocenters. The zero-order valence-corrected chi connectivity index (χ0v) is 32.6. The van der Waals surface area contributed by atoms with Gasteiger partial charge in [0.05, 0.1) is 50.0 Å². The second-order valence-electron chi connectivity index (χ2n) is 13.4. The second kappa shape index (κ2) is 16.6. The fraction of sp³-hybridized carbons (Fsp3) is 0.0638. The lowest BCUT2D eigenvalue weighted by Crippen LogP contribution is -2.01. The average molecular weight is 789 g/mol. The molecule has 0 atom stereocenters. The van der Waals surface area contributed by atoms with Crippen molar-refractivity contribution in [3.05, 3.63) is 197 Å². The van der Waals surface area contributed by atoms with Gasteiger partial charge in [-0.05, 0) is 110 Å². The Morgan fingerprint density at radius 1 is 0.614 bits per heavy atom. The van der Waals surface area contributed by atoms with Gasteiger partial charge in [0.25, 0.3) is 0 Å². The number of para-hydroxylation sites is 3. The van der Waals surface area contributed by atoms with Crippen molar-refractivity contribution in [1.29, 1.82) is 0 Å². The Morgan fingerprint density at radius 2 is 1.32 bits per heavy atom. The minimum absolute atomic E-state index is 0.299. The van der Waals surface area contributed by atoms with E-state index in [9.17, 15) is 4.39 Å². The van der Waals surface area contributed by atoms with Crippen LogP contribution in [0.15, 0.2) is 164 Å². The molecule has 0 bridgehead atoms. The summed E-state index contributed by atoms with van der Waals surface area (Å²) in [5.74, 6) is 0.475. The highest BCUT2D eigenvalue weighted by molar-refractivity contribution is 6.42. The summed E-state index contributed by atoms with van der Waals surface area (Å²) in [7, 11) is 0. The molecule has 0 fully saturated rings. The molecule has 0 saturated heterocycles. The lowest BCUT2D eigenvalue weighted by Gasteiger charge is -2.09. The van der Waals surface area contributed by atoms with Crippen LogP contribution >= 0.6 is 23.2 Å². The topological polar surface area (TPSA) is 73.5 Å². The molecule has 57 heavy (non-hydrogen) atoms. The maximum absolute atomic E-state index is 13.5. The first kappa shape index (κ1) is 37.3. The third-order valence-electron chi connectivity index (χ3n) is 9.54. The van der Waals surface area contributed by atoms with Gasteiger partial charge in [-0.25, -0.2) is 19.0 Å². The largest absolute Gasteiger partial charge is 0.366 e. The predicted octanol–water partition coefficient (Wildman–Crippen LogP) is 12.4. The molecule has 7 nitrogen and oxygen atoms in total. The molecule has 0 radical (unpaired) electrons. The summed E-state index contributed by atoms with van der Waals surface area (Å²) in [5.41, 5.74) is 12.6. The zero-order valence-electron chi connectivity index (χ0n) is 31.1. The van der Waals surface area contributed by atoms with Crippen LogP contribution < -0.4 is 5.32 Å². The van der Waals surface area contributed by atoms with Crippen molar-refractivity contribution < 1.29 is 4.39 Å². The number of benzene rings is 5.